The lowest BCUT2D eigenvalue weighted by molar-refractivity contribution is -0.389. The zero-order chi connectivity index (χ0) is 9.97. The van der Waals surface area contributed by atoms with Gasteiger partial charge in [-0.2, -0.15) is 0 Å². The highest BCUT2D eigenvalue weighted by molar-refractivity contribution is 5.43. The Morgan fingerprint density at radius 3 is 2.86 bits per heavy atom. The molecular weight excluding hydrogens is 186 g/mol. The van der Waals surface area contributed by atoms with Crippen LogP contribution in [0.1, 0.15) is 0 Å². The molecule has 1 N–H and O–H groups in total. The van der Waals surface area contributed by atoms with E-state index < -0.39 is 4.92 Å². The number of aromatic nitrogens is 4. The van der Waals surface area contributed by atoms with Crippen molar-refractivity contribution in [1.82, 2.24) is 19.9 Å². The molecule has 7 heteroatoms. The summed E-state index contributed by atoms with van der Waals surface area (Å²) >= 11 is 0. The molecule has 0 fully saturated rings. The molecule has 2 rings (SSSR count). The third kappa shape index (κ3) is 1.42. The van der Waals surface area contributed by atoms with Gasteiger partial charge in [-0.25, -0.2) is 9.97 Å². The number of rotatable bonds is 2. The zero-order valence-corrected chi connectivity index (χ0v) is 6.91. The first kappa shape index (κ1) is 8.30. The van der Waals surface area contributed by atoms with Crippen LogP contribution in [0.4, 0.5) is 5.82 Å². The second-order valence-corrected chi connectivity index (χ2v) is 2.43. The van der Waals surface area contributed by atoms with Crippen LogP contribution in [0.25, 0.3) is 11.6 Å². The molecule has 0 atom stereocenters. The molecule has 0 aliphatic heterocycles. The summed E-state index contributed by atoms with van der Waals surface area (Å²) in [5, 5.41) is 10.4. The summed E-state index contributed by atoms with van der Waals surface area (Å²) in [6.45, 7) is 0. The van der Waals surface area contributed by atoms with Crippen molar-refractivity contribution in [3.8, 4) is 11.6 Å². The summed E-state index contributed by atoms with van der Waals surface area (Å²) in [7, 11) is 0. The molecule has 2 aromatic heterocycles. The number of nitrogens with zero attached hydrogens (tertiary/aromatic N) is 4. The maximum atomic E-state index is 10.4. The molecule has 0 bridgehead atoms. The third-order valence-corrected chi connectivity index (χ3v) is 1.54. The van der Waals surface area contributed by atoms with Crippen LogP contribution in [-0.2, 0) is 0 Å². The van der Waals surface area contributed by atoms with Gasteiger partial charge in [0, 0.05) is 18.6 Å². The third-order valence-electron chi connectivity index (χ3n) is 1.54. The predicted molar refractivity (Wildman–Crippen MR) is 46.3 cm³/mol. The minimum absolute atomic E-state index is 0.212. The SMILES string of the molecule is O=[N+]([O-])c1ccnc(-c2ncc[nH]2)n1. The van der Waals surface area contributed by atoms with Gasteiger partial charge in [0.15, 0.2) is 0 Å². The van der Waals surface area contributed by atoms with E-state index in [4.69, 9.17) is 0 Å². The van der Waals surface area contributed by atoms with E-state index >= 15 is 0 Å². The summed E-state index contributed by atoms with van der Waals surface area (Å²) in [4.78, 5) is 24.0. The molecule has 0 radical (unpaired) electrons. The first-order chi connectivity index (χ1) is 6.77. The van der Waals surface area contributed by atoms with Gasteiger partial charge in [0.05, 0.1) is 6.07 Å². The second kappa shape index (κ2) is 3.21. The van der Waals surface area contributed by atoms with E-state index in [1.807, 2.05) is 0 Å². The molecule has 0 amide bonds. The van der Waals surface area contributed by atoms with Crippen LogP contribution < -0.4 is 0 Å². The molecule has 0 aliphatic carbocycles. The van der Waals surface area contributed by atoms with Crippen molar-refractivity contribution in [3.05, 3.63) is 34.8 Å². The van der Waals surface area contributed by atoms with Gasteiger partial charge in [0.1, 0.15) is 0 Å². The fourth-order valence-electron chi connectivity index (χ4n) is 0.953. The quantitative estimate of drug-likeness (QED) is 0.558. The predicted octanol–water partition coefficient (Wildman–Crippen LogP) is 0.775. The average molecular weight is 191 g/mol. The Morgan fingerprint density at radius 2 is 2.21 bits per heavy atom. The van der Waals surface area contributed by atoms with Crippen LogP contribution in [0.5, 0.6) is 0 Å². The van der Waals surface area contributed by atoms with Gasteiger partial charge < -0.3 is 15.1 Å². The Labute approximate surface area is 78.0 Å². The molecule has 14 heavy (non-hydrogen) atoms. The normalized spacial score (nSPS) is 10.0. The van der Waals surface area contributed by atoms with Gasteiger partial charge >= 0.3 is 11.6 Å². The molecule has 0 spiro atoms. The highest BCUT2D eigenvalue weighted by atomic mass is 16.6. The second-order valence-electron chi connectivity index (χ2n) is 2.43. The first-order valence-corrected chi connectivity index (χ1v) is 3.74. The number of hydrogen-bond acceptors (Lipinski definition) is 5. The van der Waals surface area contributed by atoms with Crippen molar-refractivity contribution < 1.29 is 4.92 Å². The zero-order valence-electron chi connectivity index (χ0n) is 6.91. The lowest BCUT2D eigenvalue weighted by Crippen LogP contribution is -1.96. The largest absolute Gasteiger partial charge is 0.367 e. The van der Waals surface area contributed by atoms with Gasteiger partial charge in [-0.3, -0.25) is 0 Å². The van der Waals surface area contributed by atoms with Crippen molar-refractivity contribution in [2.24, 2.45) is 0 Å². The van der Waals surface area contributed by atoms with Gasteiger partial charge in [0.2, 0.25) is 5.82 Å². The Kier molecular flexibility index (Phi) is 1.90. The number of imidazole rings is 1. The maximum absolute atomic E-state index is 10.4. The number of aromatic amines is 1. The van der Waals surface area contributed by atoms with Crippen LogP contribution in [0.3, 0.4) is 0 Å². The van der Waals surface area contributed by atoms with E-state index in [0.29, 0.717) is 5.82 Å². The number of hydrogen-bond donors (Lipinski definition) is 1. The van der Waals surface area contributed by atoms with Crippen molar-refractivity contribution in [1.29, 1.82) is 0 Å². The molecule has 0 aliphatic rings. The monoisotopic (exact) mass is 191 g/mol. The van der Waals surface area contributed by atoms with Gasteiger partial charge in [-0.05, 0) is 9.91 Å². The minimum Gasteiger partial charge on any atom is -0.358 e. The van der Waals surface area contributed by atoms with Crippen molar-refractivity contribution in [2.75, 3.05) is 0 Å². The number of nitrogens with one attached hydrogen (secondary N) is 1. The Morgan fingerprint density at radius 1 is 1.36 bits per heavy atom. The van der Waals surface area contributed by atoms with Gasteiger partial charge in [-0.15, -0.1) is 0 Å². The van der Waals surface area contributed by atoms with Crippen LogP contribution in [-0.4, -0.2) is 24.9 Å². The van der Waals surface area contributed by atoms with Crippen LogP contribution in [0.15, 0.2) is 24.7 Å². The lowest BCUT2D eigenvalue weighted by atomic mass is 10.5. The number of H-pyrrole nitrogens is 1. The molecule has 0 aromatic carbocycles. The van der Waals surface area contributed by atoms with E-state index in [1.165, 1.54) is 18.5 Å². The van der Waals surface area contributed by atoms with E-state index in [1.54, 1.807) is 6.20 Å². The molecule has 70 valence electrons. The highest BCUT2D eigenvalue weighted by Gasteiger charge is 2.13. The molecular formula is C7H5N5O2. The first-order valence-electron chi connectivity index (χ1n) is 3.74. The summed E-state index contributed by atoms with van der Waals surface area (Å²) in [6.07, 6.45) is 4.44. The van der Waals surface area contributed by atoms with Gasteiger partial charge in [-0.1, -0.05) is 0 Å². The highest BCUT2D eigenvalue weighted by Crippen LogP contribution is 2.11. The fraction of sp³-hybridized carbons (Fsp3) is 0. The summed E-state index contributed by atoms with van der Waals surface area (Å²) in [6, 6.07) is 1.23. The Bertz CT molecular complexity index is 453. The van der Waals surface area contributed by atoms with Crippen molar-refractivity contribution in [2.45, 2.75) is 0 Å². The molecule has 0 saturated carbocycles. The van der Waals surface area contributed by atoms with Crippen LogP contribution >= 0.6 is 0 Å². The maximum Gasteiger partial charge on any atom is 0.367 e. The summed E-state index contributed by atoms with van der Waals surface area (Å²) in [5.74, 6) is 0.379. The van der Waals surface area contributed by atoms with E-state index in [9.17, 15) is 10.1 Å². The Hall–Kier alpha value is -2.31. The van der Waals surface area contributed by atoms with Gasteiger partial charge in [0.25, 0.3) is 0 Å². The summed E-state index contributed by atoms with van der Waals surface area (Å²) in [5.41, 5.74) is 0. The average Bonchev–Trinajstić information content (AvgIpc) is 2.71. The smallest absolute Gasteiger partial charge is 0.358 e. The molecule has 0 unspecified atom stereocenters. The minimum atomic E-state index is -0.575. The fourth-order valence-corrected chi connectivity index (χ4v) is 0.953. The molecule has 2 aromatic rings. The van der Waals surface area contributed by atoms with Crippen molar-refractivity contribution in [3.63, 3.8) is 0 Å². The van der Waals surface area contributed by atoms with E-state index in [2.05, 4.69) is 19.9 Å². The molecule has 0 saturated heterocycles. The van der Waals surface area contributed by atoms with E-state index in [-0.39, 0.29) is 11.6 Å². The molecule has 7 nitrogen and oxygen atoms in total. The molecule has 2 heterocycles. The van der Waals surface area contributed by atoms with Crippen LogP contribution in [0, 0.1) is 10.1 Å². The standard InChI is InChI=1S/C7H5N5O2/c13-12(14)5-1-2-8-7(11-5)6-9-3-4-10-6/h1-4H,(H,9,10). The topological polar surface area (TPSA) is 97.6 Å². The Balaban J connectivity index is 2.46. The number of nitro groups is 1. The van der Waals surface area contributed by atoms with E-state index in [0.717, 1.165) is 0 Å². The van der Waals surface area contributed by atoms with Crippen LogP contribution in [0.2, 0.25) is 0 Å². The lowest BCUT2D eigenvalue weighted by Gasteiger charge is -1.91. The van der Waals surface area contributed by atoms with Crippen molar-refractivity contribution >= 4 is 5.82 Å². The summed E-state index contributed by atoms with van der Waals surface area (Å²) < 4.78 is 0.